The fraction of sp³-hybridized carbons (Fsp3) is 0.273. The van der Waals surface area contributed by atoms with Gasteiger partial charge in [0.15, 0.2) is 0 Å². The Labute approximate surface area is 111 Å². The minimum absolute atomic E-state index is 0.0471. The first-order valence-electron chi connectivity index (χ1n) is 4.86. The molecule has 0 fully saturated rings. The Morgan fingerprint density at radius 2 is 2.06 bits per heavy atom. The second-order valence-corrected chi connectivity index (χ2v) is 4.17. The number of benzene rings is 1. The van der Waals surface area contributed by atoms with Gasteiger partial charge in [-0.15, -0.1) is 0 Å². The molecule has 0 spiro atoms. The van der Waals surface area contributed by atoms with Crippen molar-refractivity contribution in [1.29, 1.82) is 0 Å². The smallest absolute Gasteiger partial charge is 0.344 e. The van der Waals surface area contributed by atoms with Crippen molar-refractivity contribution in [3.63, 3.8) is 0 Å². The highest BCUT2D eigenvalue weighted by molar-refractivity contribution is 9.10. The zero-order valence-corrected chi connectivity index (χ0v) is 11.3. The molecule has 1 unspecified atom stereocenters. The lowest BCUT2D eigenvalue weighted by Crippen LogP contribution is -2.37. The summed E-state index contributed by atoms with van der Waals surface area (Å²) in [5, 5.41) is 2.24. The van der Waals surface area contributed by atoms with Gasteiger partial charge in [-0.3, -0.25) is 4.79 Å². The maximum Gasteiger partial charge on any atom is 0.344 e. The van der Waals surface area contributed by atoms with Gasteiger partial charge in [-0.2, -0.15) is 0 Å². The summed E-state index contributed by atoms with van der Waals surface area (Å²) in [4.78, 5) is 22.9. The van der Waals surface area contributed by atoms with E-state index in [4.69, 9.17) is 0 Å². The second-order valence-electron chi connectivity index (χ2n) is 3.25. The van der Waals surface area contributed by atoms with Crippen LogP contribution in [0.4, 0.5) is 10.1 Å². The molecule has 1 amide bonds. The van der Waals surface area contributed by atoms with Gasteiger partial charge in [-0.25, -0.2) is 9.18 Å². The van der Waals surface area contributed by atoms with Crippen molar-refractivity contribution >= 4 is 33.5 Å². The molecular weight excluding hydrogens is 309 g/mol. The Morgan fingerprint density at radius 3 is 2.56 bits per heavy atom. The highest BCUT2D eigenvalue weighted by Gasteiger charge is 2.27. The van der Waals surface area contributed by atoms with Crippen LogP contribution >= 0.6 is 15.9 Å². The number of esters is 1. The van der Waals surface area contributed by atoms with E-state index in [1.54, 1.807) is 6.07 Å². The van der Waals surface area contributed by atoms with Crippen LogP contribution in [-0.4, -0.2) is 32.2 Å². The minimum atomic E-state index is -1.43. The van der Waals surface area contributed by atoms with Crippen molar-refractivity contribution in [2.45, 2.75) is 6.10 Å². The summed E-state index contributed by atoms with van der Waals surface area (Å²) < 4.78 is 23.1. The number of amides is 1. The van der Waals surface area contributed by atoms with Gasteiger partial charge in [0.1, 0.15) is 5.82 Å². The van der Waals surface area contributed by atoms with Crippen molar-refractivity contribution in [3.8, 4) is 0 Å². The van der Waals surface area contributed by atoms with Crippen LogP contribution < -0.4 is 5.32 Å². The van der Waals surface area contributed by atoms with Crippen LogP contribution in [0.2, 0.25) is 0 Å². The molecule has 1 atom stereocenters. The van der Waals surface area contributed by atoms with E-state index in [1.165, 1.54) is 19.2 Å². The molecule has 0 bridgehead atoms. The van der Waals surface area contributed by atoms with Crippen molar-refractivity contribution in [2.75, 3.05) is 19.5 Å². The quantitative estimate of drug-likeness (QED) is 0.678. The first kappa shape index (κ1) is 14.6. The van der Waals surface area contributed by atoms with Gasteiger partial charge in [-0.05, 0) is 18.2 Å². The van der Waals surface area contributed by atoms with Crippen LogP contribution in [-0.2, 0) is 19.1 Å². The first-order valence-corrected chi connectivity index (χ1v) is 5.65. The van der Waals surface area contributed by atoms with Gasteiger partial charge in [-0.1, -0.05) is 15.9 Å². The van der Waals surface area contributed by atoms with Gasteiger partial charge in [0, 0.05) is 11.6 Å². The Bertz CT molecular complexity index is 466. The average Bonchev–Trinajstić information content (AvgIpc) is 2.33. The van der Waals surface area contributed by atoms with Crippen molar-refractivity contribution in [2.24, 2.45) is 0 Å². The van der Waals surface area contributed by atoms with Crippen molar-refractivity contribution < 1.29 is 23.5 Å². The second kappa shape index (κ2) is 6.46. The number of carbonyl (C=O) groups excluding carboxylic acids is 2. The minimum Gasteiger partial charge on any atom is -0.467 e. The molecule has 18 heavy (non-hydrogen) atoms. The Balaban J connectivity index is 2.83. The van der Waals surface area contributed by atoms with Gasteiger partial charge in [0.05, 0.1) is 12.8 Å². The molecule has 0 aromatic heterocycles. The molecule has 0 saturated heterocycles. The number of nitrogens with one attached hydrogen (secondary N) is 1. The van der Waals surface area contributed by atoms with Crippen LogP contribution in [0.15, 0.2) is 22.7 Å². The molecule has 1 aromatic carbocycles. The predicted octanol–water partition coefficient (Wildman–Crippen LogP) is 1.71. The van der Waals surface area contributed by atoms with E-state index in [0.717, 1.165) is 7.11 Å². The maximum absolute atomic E-state index is 13.5. The molecule has 5 nitrogen and oxygen atoms in total. The average molecular weight is 320 g/mol. The van der Waals surface area contributed by atoms with E-state index in [-0.39, 0.29) is 5.69 Å². The zero-order chi connectivity index (χ0) is 13.7. The molecule has 0 heterocycles. The number of anilines is 1. The fourth-order valence-electron chi connectivity index (χ4n) is 1.21. The molecular formula is C11H11BrFNO4. The molecule has 1 N–H and O–H groups in total. The van der Waals surface area contributed by atoms with E-state index in [2.05, 4.69) is 30.7 Å². The number of hydrogen-bond donors (Lipinski definition) is 1. The normalized spacial score (nSPS) is 11.8. The summed E-state index contributed by atoms with van der Waals surface area (Å²) in [5.41, 5.74) is -0.0471. The van der Waals surface area contributed by atoms with Crippen molar-refractivity contribution in [3.05, 3.63) is 28.5 Å². The molecule has 1 aromatic rings. The molecule has 0 aliphatic rings. The fourth-order valence-corrected chi connectivity index (χ4v) is 1.54. The first-order chi connectivity index (χ1) is 8.49. The van der Waals surface area contributed by atoms with E-state index in [0.29, 0.717) is 4.47 Å². The summed E-state index contributed by atoms with van der Waals surface area (Å²) in [6.45, 7) is 0. The molecule has 0 saturated carbocycles. The van der Waals surface area contributed by atoms with Crippen LogP contribution in [0, 0.1) is 5.82 Å². The van der Waals surface area contributed by atoms with E-state index in [9.17, 15) is 14.0 Å². The highest BCUT2D eigenvalue weighted by atomic mass is 79.9. The van der Waals surface area contributed by atoms with Gasteiger partial charge < -0.3 is 14.8 Å². The standard InChI is InChI=1S/C11H11BrFNO4/c1-17-9(11(16)18-2)10(15)14-8-4-3-6(12)5-7(8)13/h3-5,9H,1-2H3,(H,14,15). The number of hydrogen-bond acceptors (Lipinski definition) is 4. The topological polar surface area (TPSA) is 64.6 Å². The van der Waals surface area contributed by atoms with Crippen LogP contribution in [0.1, 0.15) is 0 Å². The molecule has 0 aliphatic heterocycles. The highest BCUT2D eigenvalue weighted by Crippen LogP contribution is 2.19. The van der Waals surface area contributed by atoms with Gasteiger partial charge in [0.2, 0.25) is 6.10 Å². The summed E-state index contributed by atoms with van der Waals surface area (Å²) in [5.74, 6) is -2.28. The Morgan fingerprint density at radius 1 is 1.39 bits per heavy atom. The predicted molar refractivity (Wildman–Crippen MR) is 65.5 cm³/mol. The molecule has 7 heteroatoms. The lowest BCUT2D eigenvalue weighted by atomic mass is 10.2. The zero-order valence-electron chi connectivity index (χ0n) is 9.70. The summed E-state index contributed by atoms with van der Waals surface area (Å²) in [7, 11) is 2.31. The lowest BCUT2D eigenvalue weighted by molar-refractivity contribution is -0.156. The lowest BCUT2D eigenvalue weighted by Gasteiger charge is -2.13. The van der Waals surface area contributed by atoms with Gasteiger partial charge >= 0.3 is 5.97 Å². The Hall–Kier alpha value is -1.47. The van der Waals surface area contributed by atoms with Crippen LogP contribution in [0.3, 0.4) is 0 Å². The third kappa shape index (κ3) is 3.51. The maximum atomic E-state index is 13.5. The molecule has 98 valence electrons. The largest absolute Gasteiger partial charge is 0.467 e. The van der Waals surface area contributed by atoms with Crippen LogP contribution in [0.25, 0.3) is 0 Å². The van der Waals surface area contributed by atoms with Crippen molar-refractivity contribution in [1.82, 2.24) is 0 Å². The number of ether oxygens (including phenoxy) is 2. The number of methoxy groups -OCH3 is 2. The summed E-state index contributed by atoms with van der Waals surface area (Å²) in [6, 6.07) is 4.11. The number of carbonyl (C=O) groups is 2. The number of halogens is 2. The Kier molecular flexibility index (Phi) is 5.24. The van der Waals surface area contributed by atoms with E-state index in [1.807, 2.05) is 0 Å². The van der Waals surface area contributed by atoms with E-state index >= 15 is 0 Å². The van der Waals surface area contributed by atoms with Gasteiger partial charge in [0.25, 0.3) is 5.91 Å². The summed E-state index contributed by atoms with van der Waals surface area (Å²) >= 11 is 3.09. The monoisotopic (exact) mass is 319 g/mol. The third-order valence-corrected chi connectivity index (χ3v) is 2.57. The molecule has 0 radical (unpaired) electrons. The van der Waals surface area contributed by atoms with E-state index < -0.39 is 23.8 Å². The molecule has 0 aliphatic carbocycles. The number of rotatable bonds is 4. The summed E-state index contributed by atoms with van der Waals surface area (Å²) in [6.07, 6.45) is -1.43. The third-order valence-electron chi connectivity index (χ3n) is 2.08. The van der Waals surface area contributed by atoms with Crippen LogP contribution in [0.5, 0.6) is 0 Å². The SMILES string of the molecule is COC(=O)C(OC)C(=O)Nc1ccc(Br)cc1F. The molecule has 1 rings (SSSR count).